The number of benzene rings is 1. The highest BCUT2D eigenvalue weighted by atomic mass is 79.9. The largest absolute Gasteiger partial charge is 0.478 e. The van der Waals surface area contributed by atoms with Gasteiger partial charge in [0, 0.05) is 23.9 Å². The Kier molecular flexibility index (Phi) is 4.59. The van der Waals surface area contributed by atoms with E-state index in [-0.39, 0.29) is 17.8 Å². The van der Waals surface area contributed by atoms with Crippen LogP contribution < -0.4 is 10.6 Å². The number of nitrogens with one attached hydrogen (secondary N) is 2. The van der Waals surface area contributed by atoms with Gasteiger partial charge in [0.25, 0.3) is 0 Å². The maximum Gasteiger partial charge on any atom is 0.337 e. The molecule has 2 aromatic rings. The SMILES string of the molecule is Cn1ccnc1CNC(=O)Nc1cc(Br)ccc1C(=O)O. The Bertz CT molecular complexity index is 684. The Morgan fingerprint density at radius 3 is 2.81 bits per heavy atom. The maximum absolute atomic E-state index is 11.8. The molecule has 0 fully saturated rings. The average Bonchev–Trinajstić information content (AvgIpc) is 2.81. The zero-order valence-electron chi connectivity index (χ0n) is 11.1. The van der Waals surface area contributed by atoms with Crippen molar-refractivity contribution in [1.82, 2.24) is 14.9 Å². The molecule has 8 heteroatoms. The average molecular weight is 353 g/mol. The molecule has 21 heavy (non-hydrogen) atoms. The van der Waals surface area contributed by atoms with E-state index in [1.807, 2.05) is 7.05 Å². The summed E-state index contributed by atoms with van der Waals surface area (Å²) in [6.07, 6.45) is 3.40. The number of amides is 2. The van der Waals surface area contributed by atoms with Gasteiger partial charge in [-0.25, -0.2) is 14.6 Å². The lowest BCUT2D eigenvalue weighted by Crippen LogP contribution is -2.29. The molecule has 0 aliphatic heterocycles. The van der Waals surface area contributed by atoms with Gasteiger partial charge < -0.3 is 20.3 Å². The predicted octanol–water partition coefficient (Wildman–Crippen LogP) is 2.20. The highest BCUT2D eigenvalue weighted by Gasteiger charge is 2.13. The van der Waals surface area contributed by atoms with Crippen LogP contribution in [0.3, 0.4) is 0 Å². The normalized spacial score (nSPS) is 10.2. The summed E-state index contributed by atoms with van der Waals surface area (Å²) in [5.74, 6) is -0.417. The molecular weight excluding hydrogens is 340 g/mol. The fraction of sp³-hybridized carbons (Fsp3) is 0.154. The summed E-state index contributed by atoms with van der Waals surface area (Å²) in [6, 6.07) is 4.05. The molecule has 0 saturated carbocycles. The monoisotopic (exact) mass is 352 g/mol. The summed E-state index contributed by atoms with van der Waals surface area (Å²) >= 11 is 3.24. The molecule has 1 aromatic heterocycles. The second-order valence-corrected chi connectivity index (χ2v) is 5.17. The summed E-state index contributed by atoms with van der Waals surface area (Å²) in [5.41, 5.74) is 0.236. The van der Waals surface area contributed by atoms with Crippen LogP contribution in [0.4, 0.5) is 10.5 Å². The minimum absolute atomic E-state index is 0.0188. The molecule has 0 aliphatic rings. The van der Waals surface area contributed by atoms with Gasteiger partial charge in [-0.05, 0) is 18.2 Å². The van der Waals surface area contributed by atoms with Crippen LogP contribution in [-0.2, 0) is 13.6 Å². The summed E-state index contributed by atoms with van der Waals surface area (Å²) in [4.78, 5) is 27.0. The number of carboxylic acid groups (broad SMARTS) is 1. The highest BCUT2D eigenvalue weighted by Crippen LogP contribution is 2.21. The fourth-order valence-corrected chi connectivity index (χ4v) is 2.06. The molecule has 110 valence electrons. The lowest BCUT2D eigenvalue weighted by Gasteiger charge is -2.10. The van der Waals surface area contributed by atoms with Crippen molar-refractivity contribution in [3.05, 3.63) is 46.5 Å². The first-order valence-electron chi connectivity index (χ1n) is 6.01. The molecule has 0 saturated heterocycles. The number of aromatic nitrogens is 2. The van der Waals surface area contributed by atoms with Gasteiger partial charge in [-0.3, -0.25) is 0 Å². The second kappa shape index (κ2) is 6.40. The fourth-order valence-electron chi connectivity index (χ4n) is 1.70. The summed E-state index contributed by atoms with van der Waals surface area (Å²) in [7, 11) is 1.82. The standard InChI is InChI=1S/C13H13BrN4O3/c1-18-5-4-15-11(18)7-16-13(21)17-10-6-8(14)2-3-9(10)12(19)20/h2-6H,7H2,1H3,(H,19,20)(H2,16,17,21). The van der Waals surface area contributed by atoms with Crippen LogP contribution in [0.15, 0.2) is 35.1 Å². The van der Waals surface area contributed by atoms with Gasteiger partial charge in [-0.15, -0.1) is 0 Å². The Balaban J connectivity index is 2.04. The Labute approximate surface area is 129 Å². The number of carbonyl (C=O) groups is 2. The van der Waals surface area contributed by atoms with Crippen molar-refractivity contribution >= 4 is 33.6 Å². The molecule has 0 aliphatic carbocycles. The molecule has 7 nitrogen and oxygen atoms in total. The zero-order valence-corrected chi connectivity index (χ0v) is 12.7. The van der Waals surface area contributed by atoms with E-state index in [1.54, 1.807) is 23.0 Å². The van der Waals surface area contributed by atoms with Gasteiger partial charge in [-0.2, -0.15) is 0 Å². The number of halogens is 1. The molecule has 2 amide bonds. The van der Waals surface area contributed by atoms with E-state index < -0.39 is 12.0 Å². The first kappa shape index (κ1) is 15.0. The summed E-state index contributed by atoms with van der Waals surface area (Å²) in [5, 5.41) is 14.2. The maximum atomic E-state index is 11.8. The number of carbonyl (C=O) groups excluding carboxylic acids is 1. The predicted molar refractivity (Wildman–Crippen MR) is 80.2 cm³/mol. The molecule has 1 heterocycles. The van der Waals surface area contributed by atoms with E-state index in [4.69, 9.17) is 5.11 Å². The van der Waals surface area contributed by atoms with Crippen molar-refractivity contribution in [3.8, 4) is 0 Å². The topological polar surface area (TPSA) is 96.3 Å². The number of aromatic carboxylic acids is 1. The number of hydrogen-bond acceptors (Lipinski definition) is 3. The molecule has 0 spiro atoms. The third-order valence-electron chi connectivity index (χ3n) is 2.79. The van der Waals surface area contributed by atoms with Crippen LogP contribution in [-0.4, -0.2) is 26.7 Å². The van der Waals surface area contributed by atoms with Crippen molar-refractivity contribution < 1.29 is 14.7 Å². The second-order valence-electron chi connectivity index (χ2n) is 4.26. The molecule has 2 rings (SSSR count). The number of hydrogen-bond donors (Lipinski definition) is 3. The molecule has 0 radical (unpaired) electrons. The molecule has 3 N–H and O–H groups in total. The summed E-state index contributed by atoms with van der Waals surface area (Å²) in [6.45, 7) is 0.242. The first-order valence-corrected chi connectivity index (χ1v) is 6.80. The van der Waals surface area contributed by atoms with E-state index >= 15 is 0 Å². The Morgan fingerprint density at radius 1 is 1.43 bits per heavy atom. The smallest absolute Gasteiger partial charge is 0.337 e. The minimum atomic E-state index is -1.11. The quantitative estimate of drug-likeness (QED) is 0.785. The Morgan fingerprint density at radius 2 is 2.19 bits per heavy atom. The van der Waals surface area contributed by atoms with Crippen LogP contribution >= 0.6 is 15.9 Å². The van der Waals surface area contributed by atoms with E-state index in [1.165, 1.54) is 12.1 Å². The summed E-state index contributed by atoms with van der Waals surface area (Å²) < 4.78 is 2.45. The van der Waals surface area contributed by atoms with Gasteiger partial charge in [0.15, 0.2) is 0 Å². The zero-order chi connectivity index (χ0) is 15.4. The lowest BCUT2D eigenvalue weighted by atomic mass is 10.2. The highest BCUT2D eigenvalue weighted by molar-refractivity contribution is 9.10. The van der Waals surface area contributed by atoms with Gasteiger partial charge in [0.2, 0.25) is 0 Å². The van der Waals surface area contributed by atoms with E-state index in [2.05, 4.69) is 31.5 Å². The van der Waals surface area contributed by atoms with Gasteiger partial charge in [0.05, 0.1) is 17.8 Å². The molecule has 1 aromatic carbocycles. The number of urea groups is 1. The number of nitrogens with zero attached hydrogens (tertiary/aromatic N) is 2. The van der Waals surface area contributed by atoms with Crippen LogP contribution in [0, 0.1) is 0 Å². The first-order chi connectivity index (χ1) is 9.97. The number of aryl methyl sites for hydroxylation is 1. The third kappa shape index (κ3) is 3.82. The number of carboxylic acids is 1. The van der Waals surface area contributed by atoms with Crippen molar-refractivity contribution in [2.24, 2.45) is 7.05 Å². The van der Waals surface area contributed by atoms with Crippen molar-refractivity contribution in [2.75, 3.05) is 5.32 Å². The van der Waals surface area contributed by atoms with Gasteiger partial charge in [0.1, 0.15) is 5.82 Å². The van der Waals surface area contributed by atoms with Crippen molar-refractivity contribution in [2.45, 2.75) is 6.54 Å². The van der Waals surface area contributed by atoms with Crippen LogP contribution in [0.2, 0.25) is 0 Å². The molecule has 0 unspecified atom stereocenters. The minimum Gasteiger partial charge on any atom is -0.478 e. The number of rotatable bonds is 4. The molecule has 0 bridgehead atoms. The van der Waals surface area contributed by atoms with Gasteiger partial charge in [-0.1, -0.05) is 15.9 Å². The number of imidazole rings is 1. The van der Waals surface area contributed by atoms with E-state index in [0.717, 1.165) is 0 Å². The van der Waals surface area contributed by atoms with Crippen LogP contribution in [0.5, 0.6) is 0 Å². The number of anilines is 1. The van der Waals surface area contributed by atoms with E-state index in [0.29, 0.717) is 10.3 Å². The molecule has 0 atom stereocenters. The van der Waals surface area contributed by atoms with E-state index in [9.17, 15) is 9.59 Å². The molecular formula is C13H13BrN4O3. The van der Waals surface area contributed by atoms with Crippen molar-refractivity contribution in [1.29, 1.82) is 0 Å². The van der Waals surface area contributed by atoms with Crippen molar-refractivity contribution in [3.63, 3.8) is 0 Å². The van der Waals surface area contributed by atoms with Gasteiger partial charge >= 0.3 is 12.0 Å². The lowest BCUT2D eigenvalue weighted by molar-refractivity contribution is 0.0698. The van der Waals surface area contributed by atoms with Crippen LogP contribution in [0.25, 0.3) is 0 Å². The third-order valence-corrected chi connectivity index (χ3v) is 3.28. The Hall–Kier alpha value is -2.35. The van der Waals surface area contributed by atoms with Crippen LogP contribution in [0.1, 0.15) is 16.2 Å².